The van der Waals surface area contributed by atoms with Crippen molar-refractivity contribution in [2.24, 2.45) is 0 Å². The van der Waals surface area contributed by atoms with Gasteiger partial charge in [0.15, 0.2) is 0 Å². The van der Waals surface area contributed by atoms with E-state index in [0.717, 1.165) is 39.0 Å². The van der Waals surface area contributed by atoms with E-state index >= 15 is 0 Å². The lowest BCUT2D eigenvalue weighted by Crippen LogP contribution is -2.36. The van der Waals surface area contributed by atoms with Gasteiger partial charge < -0.3 is 15.0 Å². The van der Waals surface area contributed by atoms with Gasteiger partial charge in [-0.2, -0.15) is 0 Å². The molecule has 100 valence electrons. The van der Waals surface area contributed by atoms with E-state index in [9.17, 15) is 4.79 Å². The van der Waals surface area contributed by atoms with E-state index < -0.39 is 0 Å². The minimum absolute atomic E-state index is 0. The molecule has 17 heavy (non-hydrogen) atoms. The van der Waals surface area contributed by atoms with Gasteiger partial charge in [-0.3, -0.25) is 4.79 Å². The summed E-state index contributed by atoms with van der Waals surface area (Å²) in [6.45, 7) is 2.59. The molecule has 0 saturated carbocycles. The number of nitrogens with one attached hydrogen (secondary N) is 1. The van der Waals surface area contributed by atoms with Crippen molar-refractivity contribution in [2.45, 2.75) is 44.2 Å². The van der Waals surface area contributed by atoms with Gasteiger partial charge in [0.1, 0.15) is 0 Å². The molecule has 0 aliphatic carbocycles. The molecule has 0 bridgehead atoms. The lowest BCUT2D eigenvalue weighted by molar-refractivity contribution is -0.134. The molecule has 2 aliphatic rings. The molecule has 1 amide bonds. The lowest BCUT2D eigenvalue weighted by atomic mass is 10.1. The van der Waals surface area contributed by atoms with E-state index in [-0.39, 0.29) is 24.4 Å². The number of ether oxygens (including phenoxy) is 1. The van der Waals surface area contributed by atoms with Crippen LogP contribution >= 0.6 is 12.4 Å². The van der Waals surface area contributed by atoms with E-state index in [1.165, 1.54) is 6.42 Å². The van der Waals surface area contributed by atoms with Gasteiger partial charge in [-0.15, -0.1) is 12.4 Å². The van der Waals surface area contributed by atoms with Crippen LogP contribution in [0.5, 0.6) is 0 Å². The average Bonchev–Trinajstić information content (AvgIpc) is 2.79. The SMILES string of the molecule is CNC1CCN(C(=O)CC2CCCCO2)C1.Cl. The zero-order valence-corrected chi connectivity index (χ0v) is 11.3. The fourth-order valence-corrected chi connectivity index (χ4v) is 2.51. The van der Waals surface area contributed by atoms with Crippen molar-refractivity contribution in [3.63, 3.8) is 0 Å². The van der Waals surface area contributed by atoms with Crippen LogP contribution in [0.25, 0.3) is 0 Å². The standard InChI is InChI=1S/C12H22N2O2.ClH/c1-13-10-5-6-14(9-10)12(15)8-11-4-2-3-7-16-11;/h10-11,13H,2-9H2,1H3;1H. The van der Waals surface area contributed by atoms with Crippen molar-refractivity contribution in [2.75, 3.05) is 26.7 Å². The van der Waals surface area contributed by atoms with E-state index in [1.807, 2.05) is 11.9 Å². The highest BCUT2D eigenvalue weighted by Gasteiger charge is 2.27. The van der Waals surface area contributed by atoms with E-state index in [2.05, 4.69) is 5.32 Å². The van der Waals surface area contributed by atoms with Gasteiger partial charge in [-0.05, 0) is 32.7 Å². The topological polar surface area (TPSA) is 41.6 Å². The fourth-order valence-electron chi connectivity index (χ4n) is 2.51. The first kappa shape index (κ1) is 14.7. The third-order valence-corrected chi connectivity index (χ3v) is 3.63. The van der Waals surface area contributed by atoms with Crippen molar-refractivity contribution < 1.29 is 9.53 Å². The van der Waals surface area contributed by atoms with Crippen LogP contribution in [0.4, 0.5) is 0 Å². The summed E-state index contributed by atoms with van der Waals surface area (Å²) in [6.07, 6.45) is 5.24. The molecule has 4 nitrogen and oxygen atoms in total. The van der Waals surface area contributed by atoms with Gasteiger partial charge in [0, 0.05) is 25.7 Å². The van der Waals surface area contributed by atoms with Gasteiger partial charge in [-0.25, -0.2) is 0 Å². The van der Waals surface area contributed by atoms with Gasteiger partial charge >= 0.3 is 0 Å². The molecular formula is C12H23ClN2O2. The Labute approximate surface area is 109 Å². The Hall–Kier alpha value is -0.320. The number of nitrogens with zero attached hydrogens (tertiary/aromatic N) is 1. The number of amides is 1. The lowest BCUT2D eigenvalue weighted by Gasteiger charge is -2.24. The summed E-state index contributed by atoms with van der Waals surface area (Å²) in [5.74, 6) is 0.268. The molecule has 0 aromatic heterocycles. The monoisotopic (exact) mass is 262 g/mol. The van der Waals surface area contributed by atoms with Gasteiger partial charge in [-0.1, -0.05) is 0 Å². The Balaban J connectivity index is 0.00000144. The highest BCUT2D eigenvalue weighted by Crippen LogP contribution is 2.18. The maximum atomic E-state index is 12.0. The summed E-state index contributed by atoms with van der Waals surface area (Å²) in [5.41, 5.74) is 0. The molecule has 2 heterocycles. The van der Waals surface area contributed by atoms with Crippen LogP contribution in [0.3, 0.4) is 0 Å². The first-order valence-corrected chi connectivity index (χ1v) is 6.36. The fraction of sp³-hybridized carbons (Fsp3) is 0.917. The molecule has 2 unspecified atom stereocenters. The van der Waals surface area contributed by atoms with Crippen LogP contribution in [0.2, 0.25) is 0 Å². The van der Waals surface area contributed by atoms with Crippen molar-refractivity contribution in [1.29, 1.82) is 0 Å². The molecule has 0 aromatic carbocycles. The molecule has 0 spiro atoms. The second-order valence-electron chi connectivity index (χ2n) is 4.81. The summed E-state index contributed by atoms with van der Waals surface area (Å²) in [6, 6.07) is 0.483. The molecule has 5 heteroatoms. The number of hydrogen-bond acceptors (Lipinski definition) is 3. The quantitative estimate of drug-likeness (QED) is 0.831. The number of halogens is 1. The smallest absolute Gasteiger partial charge is 0.225 e. The average molecular weight is 263 g/mol. The number of hydrogen-bond donors (Lipinski definition) is 1. The van der Waals surface area contributed by atoms with Crippen molar-refractivity contribution in [3.8, 4) is 0 Å². The Kier molecular flexibility index (Phi) is 6.23. The number of carbonyl (C=O) groups excluding carboxylic acids is 1. The second kappa shape index (κ2) is 7.19. The van der Waals surface area contributed by atoms with Crippen LogP contribution in [0, 0.1) is 0 Å². The van der Waals surface area contributed by atoms with Crippen LogP contribution in [0.15, 0.2) is 0 Å². The third-order valence-electron chi connectivity index (χ3n) is 3.63. The summed E-state index contributed by atoms with van der Waals surface area (Å²) < 4.78 is 5.60. The number of likely N-dealkylation sites (tertiary alicyclic amines) is 1. The van der Waals surface area contributed by atoms with Crippen LogP contribution < -0.4 is 5.32 Å². The Bertz CT molecular complexity index is 245. The minimum Gasteiger partial charge on any atom is -0.378 e. The normalized spacial score (nSPS) is 28.9. The largest absolute Gasteiger partial charge is 0.378 e. The van der Waals surface area contributed by atoms with Gasteiger partial charge in [0.2, 0.25) is 5.91 Å². The van der Waals surface area contributed by atoms with Crippen LogP contribution in [0.1, 0.15) is 32.1 Å². The Morgan fingerprint density at radius 3 is 2.82 bits per heavy atom. The highest BCUT2D eigenvalue weighted by atomic mass is 35.5. The highest BCUT2D eigenvalue weighted by molar-refractivity contribution is 5.85. The third kappa shape index (κ3) is 4.12. The zero-order valence-electron chi connectivity index (χ0n) is 10.5. The predicted octanol–water partition coefficient (Wildman–Crippen LogP) is 1.19. The summed E-state index contributed by atoms with van der Waals surface area (Å²) in [4.78, 5) is 14.0. The summed E-state index contributed by atoms with van der Waals surface area (Å²) in [5, 5.41) is 3.23. The molecule has 2 saturated heterocycles. The minimum atomic E-state index is 0. The Morgan fingerprint density at radius 1 is 1.41 bits per heavy atom. The maximum absolute atomic E-state index is 12.0. The molecule has 2 rings (SSSR count). The molecule has 1 N–H and O–H groups in total. The van der Waals surface area contributed by atoms with Crippen LogP contribution in [-0.4, -0.2) is 49.7 Å². The van der Waals surface area contributed by atoms with Crippen molar-refractivity contribution >= 4 is 18.3 Å². The molecular weight excluding hydrogens is 240 g/mol. The maximum Gasteiger partial charge on any atom is 0.225 e. The zero-order chi connectivity index (χ0) is 11.4. The van der Waals surface area contributed by atoms with Crippen molar-refractivity contribution in [1.82, 2.24) is 10.2 Å². The van der Waals surface area contributed by atoms with Crippen LogP contribution in [-0.2, 0) is 9.53 Å². The predicted molar refractivity (Wildman–Crippen MR) is 69.5 cm³/mol. The number of carbonyl (C=O) groups is 1. The first-order chi connectivity index (χ1) is 7.79. The molecule has 0 aromatic rings. The summed E-state index contributed by atoms with van der Waals surface area (Å²) >= 11 is 0. The second-order valence-corrected chi connectivity index (χ2v) is 4.81. The first-order valence-electron chi connectivity index (χ1n) is 6.36. The molecule has 2 aliphatic heterocycles. The van der Waals surface area contributed by atoms with Crippen molar-refractivity contribution in [3.05, 3.63) is 0 Å². The summed E-state index contributed by atoms with van der Waals surface area (Å²) in [7, 11) is 1.96. The van der Waals surface area contributed by atoms with Gasteiger partial charge in [0.25, 0.3) is 0 Å². The number of rotatable bonds is 3. The molecule has 2 atom stereocenters. The molecule has 0 radical (unpaired) electrons. The van der Waals surface area contributed by atoms with Gasteiger partial charge in [0.05, 0.1) is 12.5 Å². The number of likely N-dealkylation sites (N-methyl/N-ethyl adjacent to an activating group) is 1. The van der Waals surface area contributed by atoms with E-state index in [4.69, 9.17) is 4.74 Å². The van der Waals surface area contributed by atoms with E-state index in [1.54, 1.807) is 0 Å². The Morgan fingerprint density at radius 2 is 2.24 bits per heavy atom. The molecule has 2 fully saturated rings. The van der Waals surface area contributed by atoms with E-state index in [0.29, 0.717) is 12.5 Å².